The molecule has 0 spiro atoms. The molecule has 0 bridgehead atoms. The van der Waals surface area contributed by atoms with E-state index in [9.17, 15) is 29.4 Å². The first-order valence-corrected chi connectivity index (χ1v) is 30.4. The zero-order valence-electron chi connectivity index (χ0n) is 51.0. The predicted octanol–water partition coefficient (Wildman–Crippen LogP) is 5.06. The maximum Gasteiger partial charge on any atom is 0.274 e. The molecule has 0 saturated carbocycles. The number of nitrogens with zero attached hydrogens (tertiary/aromatic N) is 6. The monoisotopic (exact) mass is 1240 g/mol. The van der Waals surface area contributed by atoms with E-state index in [0.29, 0.717) is 59.2 Å². The maximum atomic E-state index is 13.0. The van der Waals surface area contributed by atoms with E-state index >= 15 is 0 Å². The number of aryl methyl sites for hydroxylation is 2. The van der Waals surface area contributed by atoms with Gasteiger partial charge >= 0.3 is 0 Å². The second kappa shape index (κ2) is 38.3. The summed E-state index contributed by atoms with van der Waals surface area (Å²) in [5.74, 6) is -0.831. The van der Waals surface area contributed by atoms with Gasteiger partial charge in [0, 0.05) is 51.7 Å². The highest BCUT2D eigenvalue weighted by atomic mass is 35.5. The summed E-state index contributed by atoms with van der Waals surface area (Å²) in [5.41, 5.74) is 25.5. The first-order valence-electron chi connectivity index (χ1n) is 29.6. The van der Waals surface area contributed by atoms with Crippen molar-refractivity contribution < 1.29 is 66.8 Å². The molecule has 12 N–H and O–H groups in total. The summed E-state index contributed by atoms with van der Waals surface area (Å²) in [6, 6.07) is 16.4. The van der Waals surface area contributed by atoms with Crippen molar-refractivity contribution in [1.82, 2.24) is 30.6 Å². The van der Waals surface area contributed by atoms with E-state index in [1.807, 2.05) is 36.4 Å². The molecule has 4 aromatic rings. The van der Waals surface area contributed by atoms with Gasteiger partial charge in [0.1, 0.15) is 42.6 Å². The van der Waals surface area contributed by atoms with Crippen LogP contribution >= 0.6 is 23.2 Å². The number of carbonyl (C=O) groups is 4. The van der Waals surface area contributed by atoms with E-state index < -0.39 is 29.8 Å². The van der Waals surface area contributed by atoms with Crippen LogP contribution in [0.1, 0.15) is 110 Å². The van der Waals surface area contributed by atoms with Crippen LogP contribution in [-0.4, -0.2) is 207 Å². The van der Waals surface area contributed by atoms with Crippen LogP contribution in [0.3, 0.4) is 0 Å². The third-order valence-corrected chi connectivity index (χ3v) is 15.4. The van der Waals surface area contributed by atoms with Crippen LogP contribution in [0.15, 0.2) is 48.5 Å². The predicted molar refractivity (Wildman–Crippen MR) is 332 cm³/mol. The number of benzene rings is 2. The van der Waals surface area contributed by atoms with Crippen LogP contribution in [0, 0.1) is 0 Å². The Hall–Kier alpha value is -6.06. The molecule has 2 aromatic heterocycles. The fraction of sp³-hybridized carbons (Fsp3) is 0.600. The molecule has 2 aromatic carbocycles. The number of ether oxygens (including phenoxy) is 6. The van der Waals surface area contributed by atoms with Crippen molar-refractivity contribution in [3.8, 4) is 11.5 Å². The number of likely N-dealkylation sites (N-methyl/N-ethyl adjacent to an activating group) is 1. The van der Waals surface area contributed by atoms with Crippen LogP contribution in [0.4, 0.5) is 23.3 Å². The average molecular weight is 1250 g/mol. The number of ketones is 2. The topological polar surface area (TPSA) is 344 Å². The van der Waals surface area contributed by atoms with Gasteiger partial charge in [0.15, 0.2) is 56.9 Å². The Morgan fingerprint density at radius 2 is 0.988 bits per heavy atom. The molecule has 0 saturated heterocycles. The van der Waals surface area contributed by atoms with Gasteiger partial charge in [-0.25, -0.2) is 19.9 Å². The van der Waals surface area contributed by atoms with Crippen molar-refractivity contribution in [3.05, 3.63) is 81.4 Å². The number of hydrogen-bond donors (Lipinski definition) is 8. The summed E-state index contributed by atoms with van der Waals surface area (Å²) in [6.45, 7) is 9.52. The lowest BCUT2D eigenvalue weighted by Crippen LogP contribution is -2.54. The van der Waals surface area contributed by atoms with E-state index in [1.54, 1.807) is 0 Å². The largest absolute Gasteiger partial charge is 0.491 e. The van der Waals surface area contributed by atoms with Gasteiger partial charge in [-0.1, -0.05) is 74.2 Å². The number of aliphatic hydroxyl groups excluding tert-OH is 2. The molecule has 2 amide bonds. The molecule has 26 heteroatoms. The first-order chi connectivity index (χ1) is 41.1. The fourth-order valence-electron chi connectivity index (χ4n) is 9.67. The Morgan fingerprint density at radius 3 is 1.51 bits per heavy atom. The smallest absolute Gasteiger partial charge is 0.274 e. The molecule has 4 rings (SSSR count). The van der Waals surface area contributed by atoms with E-state index in [-0.39, 0.29) is 108 Å². The van der Waals surface area contributed by atoms with Crippen LogP contribution in [0.2, 0.25) is 10.3 Å². The molecular weight excluding hydrogens is 1150 g/mol. The minimum absolute atomic E-state index is 0.000299. The van der Waals surface area contributed by atoms with Gasteiger partial charge < -0.3 is 81.2 Å². The van der Waals surface area contributed by atoms with Gasteiger partial charge in [0.25, 0.3) is 11.8 Å². The summed E-state index contributed by atoms with van der Waals surface area (Å²) >= 11 is 12.0. The average Bonchev–Trinajstić information content (AvgIpc) is 3.69. The minimum atomic E-state index is -1.92. The third-order valence-electron chi connectivity index (χ3n) is 14.9. The van der Waals surface area contributed by atoms with Crippen molar-refractivity contribution >= 4 is 69.9 Å². The zero-order chi connectivity index (χ0) is 63.1. The first kappa shape index (κ1) is 72.4. The molecular formula is C60H94Cl2N12O12+2. The number of anilines is 4. The maximum absolute atomic E-state index is 13.0. The number of amides is 2. The van der Waals surface area contributed by atoms with Crippen molar-refractivity contribution in [2.24, 2.45) is 0 Å². The molecule has 4 atom stereocenters. The number of nitrogen functional groups attached to an aromatic ring is 4. The fourth-order valence-corrected chi connectivity index (χ4v) is 9.93. The van der Waals surface area contributed by atoms with Gasteiger partial charge in [-0.05, 0) is 61.1 Å². The molecule has 0 aliphatic rings. The molecule has 0 radical (unpaired) electrons. The summed E-state index contributed by atoms with van der Waals surface area (Å²) in [6.07, 6.45) is 4.94. The lowest BCUT2D eigenvalue weighted by Gasteiger charge is -2.38. The second-order valence-electron chi connectivity index (χ2n) is 22.2. The number of Topliss-reactive ketones (excluding diaryl/α,β-unsaturated/α-hetero) is 2. The Morgan fingerprint density at radius 1 is 0.535 bits per heavy atom. The van der Waals surface area contributed by atoms with Gasteiger partial charge in [-0.2, -0.15) is 0 Å². The van der Waals surface area contributed by atoms with Gasteiger partial charge in [0.2, 0.25) is 0 Å². The highest BCUT2D eigenvalue weighted by Crippen LogP contribution is 2.25. The summed E-state index contributed by atoms with van der Waals surface area (Å²) in [7, 11) is 8.76. The normalized spacial score (nSPS) is 13.2. The molecule has 24 nitrogen and oxygen atoms in total. The van der Waals surface area contributed by atoms with Crippen molar-refractivity contribution in [3.63, 3.8) is 0 Å². The summed E-state index contributed by atoms with van der Waals surface area (Å²) < 4.78 is 35.4. The SMILES string of the molecule is CCC[C@@H](CCC(=O)c1nc(Cl)c(N)nc1N)[N+](C)(C)CCCc1ccc(OCCOCCOCCCC(=O)C(O)C(O)C(=O)NCCOCCOCCOc2ccc(CCC[N+](C)(C)[C@@H](CCC)CNC(=O)c3nc(Cl)c(N)nc3N)cc2)cc1. The highest BCUT2D eigenvalue weighted by Gasteiger charge is 2.32. The van der Waals surface area contributed by atoms with E-state index in [1.165, 1.54) is 11.1 Å². The molecule has 0 fully saturated rings. The van der Waals surface area contributed by atoms with E-state index in [2.05, 4.69) is 84.7 Å². The lowest BCUT2D eigenvalue weighted by atomic mass is 9.99. The number of aliphatic hydroxyl groups is 2. The van der Waals surface area contributed by atoms with Gasteiger partial charge in [-0.3, -0.25) is 19.2 Å². The number of nitrogens with two attached hydrogens (primary N) is 4. The molecule has 0 aliphatic heterocycles. The van der Waals surface area contributed by atoms with E-state index in [0.717, 1.165) is 84.9 Å². The standard InChI is InChI=1S/C60H92Cl2N12O12/c1-7-12-43(21-26-47(75)49-55(63)71-57(65)53(61)69-49)73(3,4)28-9-14-41-17-22-45(23-18-41)85-38-36-83-34-32-81-30-11-16-48(76)51(77)52(78)60(80)67-27-31-82-33-35-84-37-39-86-46-24-19-42(20-25-46)15-10-29-74(5,6)44(13-8-2)40-68-59(79)50-56(64)72-58(66)54(62)70-50/h17-20,22-25,43-44,51-52,77-78H,7-16,21,26-40H2,1-6H3,(H8-2,63,64,65,66,67,68,71,72,75,79,80)/p+2/t43-,44-,51?,52?/m0/s1. The number of quaternary nitrogens is 2. The molecule has 478 valence electrons. The molecule has 2 unspecified atom stereocenters. The number of halogens is 2. The summed E-state index contributed by atoms with van der Waals surface area (Å²) in [4.78, 5) is 66.6. The van der Waals surface area contributed by atoms with Gasteiger partial charge in [-0.15, -0.1) is 0 Å². The number of rotatable bonds is 45. The Kier molecular flexibility index (Phi) is 32.2. The molecule has 86 heavy (non-hydrogen) atoms. The van der Waals surface area contributed by atoms with Crippen LogP contribution < -0.4 is 43.0 Å². The van der Waals surface area contributed by atoms with Gasteiger partial charge in [0.05, 0.1) is 100 Å². The highest BCUT2D eigenvalue weighted by molar-refractivity contribution is 6.32. The van der Waals surface area contributed by atoms with Crippen molar-refractivity contribution in [2.75, 3.05) is 143 Å². The Balaban J connectivity index is 0.950. The Bertz CT molecular complexity index is 2510. The third kappa shape index (κ3) is 25.7. The van der Waals surface area contributed by atoms with Crippen LogP contribution in [0.25, 0.3) is 0 Å². The van der Waals surface area contributed by atoms with E-state index in [4.69, 9.17) is 74.6 Å². The van der Waals surface area contributed by atoms with Crippen LogP contribution in [0.5, 0.6) is 11.5 Å². The number of hydrogen-bond acceptors (Lipinski definition) is 20. The second-order valence-corrected chi connectivity index (χ2v) is 22.9. The van der Waals surface area contributed by atoms with Crippen molar-refractivity contribution in [2.45, 2.75) is 115 Å². The quantitative estimate of drug-likeness (QED) is 0.0163. The number of aromatic nitrogens is 4. The number of nitrogens with one attached hydrogen (secondary N) is 2. The minimum Gasteiger partial charge on any atom is -0.491 e. The Labute approximate surface area is 516 Å². The zero-order valence-corrected chi connectivity index (χ0v) is 52.6. The van der Waals surface area contributed by atoms with Crippen LogP contribution in [-0.2, 0) is 41.4 Å². The lowest BCUT2D eigenvalue weighted by molar-refractivity contribution is -0.916. The summed E-state index contributed by atoms with van der Waals surface area (Å²) in [5, 5.41) is 25.9. The molecule has 2 heterocycles. The van der Waals surface area contributed by atoms with Crippen molar-refractivity contribution in [1.29, 1.82) is 0 Å². The molecule has 0 aliphatic carbocycles. The number of carbonyl (C=O) groups excluding carboxylic acids is 4.